The van der Waals surface area contributed by atoms with Crippen LogP contribution >= 0.6 is 11.8 Å². The number of pyridine rings is 1. The zero-order valence-corrected chi connectivity index (χ0v) is 12.4. The molecule has 0 amide bonds. The molecule has 3 aromatic rings. The van der Waals surface area contributed by atoms with E-state index in [1.807, 2.05) is 12.3 Å². The third kappa shape index (κ3) is 2.71. The number of hydrogen-bond donors (Lipinski definition) is 1. The summed E-state index contributed by atoms with van der Waals surface area (Å²) in [5, 5.41) is 17.8. The first-order valence-electron chi connectivity index (χ1n) is 6.35. The number of benzene rings is 1. The molecular weight excluding hydrogens is 302 g/mol. The SMILES string of the molecule is CSc1ncccc1-c1nnc(-c2ccc(C(=O)O)cc2)o1. The average Bonchev–Trinajstić information content (AvgIpc) is 3.04. The number of carbonyl (C=O) groups is 1. The minimum absolute atomic E-state index is 0.209. The molecule has 22 heavy (non-hydrogen) atoms. The van der Waals surface area contributed by atoms with Crippen LogP contribution in [0.2, 0.25) is 0 Å². The second-order valence-corrected chi connectivity index (χ2v) is 5.15. The van der Waals surface area contributed by atoms with Crippen LogP contribution in [0.4, 0.5) is 0 Å². The zero-order chi connectivity index (χ0) is 15.5. The largest absolute Gasteiger partial charge is 0.478 e. The van der Waals surface area contributed by atoms with Crippen LogP contribution in [0.5, 0.6) is 0 Å². The Morgan fingerprint density at radius 2 is 1.86 bits per heavy atom. The van der Waals surface area contributed by atoms with Crippen LogP contribution in [-0.4, -0.2) is 32.5 Å². The van der Waals surface area contributed by atoms with Crippen LogP contribution in [0.25, 0.3) is 22.9 Å². The minimum atomic E-state index is -0.974. The standard InChI is InChI=1S/C15H11N3O3S/c1-22-14-11(3-2-8-16-14)13-18-17-12(21-13)9-4-6-10(7-5-9)15(19)20/h2-8H,1H3,(H,19,20). The van der Waals surface area contributed by atoms with Gasteiger partial charge in [0, 0.05) is 11.8 Å². The van der Waals surface area contributed by atoms with Crippen molar-refractivity contribution in [3.8, 4) is 22.9 Å². The molecule has 0 aliphatic rings. The Morgan fingerprint density at radius 3 is 2.55 bits per heavy atom. The molecule has 6 nitrogen and oxygen atoms in total. The quantitative estimate of drug-likeness (QED) is 0.740. The minimum Gasteiger partial charge on any atom is -0.478 e. The van der Waals surface area contributed by atoms with Crippen molar-refractivity contribution < 1.29 is 14.3 Å². The number of hydrogen-bond acceptors (Lipinski definition) is 6. The number of aromatic nitrogens is 3. The predicted molar refractivity (Wildman–Crippen MR) is 81.7 cm³/mol. The van der Waals surface area contributed by atoms with Gasteiger partial charge in [0.05, 0.1) is 11.1 Å². The molecule has 2 heterocycles. The van der Waals surface area contributed by atoms with Gasteiger partial charge in [-0.3, -0.25) is 0 Å². The Kier molecular flexibility index (Phi) is 3.88. The lowest BCUT2D eigenvalue weighted by Gasteiger charge is -2.00. The molecule has 0 aliphatic carbocycles. The third-order valence-corrected chi connectivity index (χ3v) is 3.71. The maximum Gasteiger partial charge on any atom is 0.335 e. The molecule has 0 unspecified atom stereocenters. The Balaban J connectivity index is 1.95. The number of nitrogens with zero attached hydrogens (tertiary/aromatic N) is 3. The molecular formula is C15H11N3O3S. The van der Waals surface area contributed by atoms with Gasteiger partial charge < -0.3 is 9.52 Å². The Bertz CT molecular complexity index is 815. The molecule has 0 saturated heterocycles. The Hall–Kier alpha value is -2.67. The maximum absolute atomic E-state index is 10.8. The molecule has 3 rings (SSSR count). The summed E-state index contributed by atoms with van der Waals surface area (Å²) in [6.07, 6.45) is 3.63. The normalized spacial score (nSPS) is 10.6. The molecule has 0 radical (unpaired) electrons. The lowest BCUT2D eigenvalue weighted by Crippen LogP contribution is -1.94. The summed E-state index contributed by atoms with van der Waals surface area (Å²) in [6.45, 7) is 0. The molecule has 0 spiro atoms. The maximum atomic E-state index is 10.8. The van der Waals surface area contributed by atoms with Gasteiger partial charge >= 0.3 is 5.97 Å². The third-order valence-electron chi connectivity index (χ3n) is 3.00. The summed E-state index contributed by atoms with van der Waals surface area (Å²) in [5.74, 6) is -0.254. The summed E-state index contributed by atoms with van der Waals surface area (Å²) in [4.78, 5) is 15.1. The lowest BCUT2D eigenvalue weighted by molar-refractivity contribution is 0.0697. The van der Waals surface area contributed by atoms with Gasteiger partial charge in [-0.2, -0.15) is 0 Å². The van der Waals surface area contributed by atoms with Crippen LogP contribution < -0.4 is 0 Å². The predicted octanol–water partition coefficient (Wildman–Crippen LogP) is 3.22. The molecule has 0 fully saturated rings. The first-order chi connectivity index (χ1) is 10.7. The van der Waals surface area contributed by atoms with Gasteiger partial charge in [0.1, 0.15) is 5.03 Å². The van der Waals surface area contributed by atoms with Crippen molar-refractivity contribution >= 4 is 17.7 Å². The highest BCUT2D eigenvalue weighted by atomic mass is 32.2. The van der Waals surface area contributed by atoms with E-state index in [9.17, 15) is 4.79 Å². The molecule has 0 atom stereocenters. The van der Waals surface area contributed by atoms with Crippen LogP contribution in [0.1, 0.15) is 10.4 Å². The van der Waals surface area contributed by atoms with E-state index in [0.717, 1.165) is 10.6 Å². The van der Waals surface area contributed by atoms with Crippen LogP contribution in [0.3, 0.4) is 0 Å². The number of carboxylic acids is 1. The fraction of sp³-hybridized carbons (Fsp3) is 0.0667. The van der Waals surface area contributed by atoms with Crippen LogP contribution in [-0.2, 0) is 0 Å². The van der Waals surface area contributed by atoms with Gasteiger partial charge in [0.2, 0.25) is 5.89 Å². The number of rotatable bonds is 4. The summed E-state index contributed by atoms with van der Waals surface area (Å²) in [7, 11) is 0. The van der Waals surface area contributed by atoms with Crippen molar-refractivity contribution in [2.45, 2.75) is 5.03 Å². The summed E-state index contributed by atoms with van der Waals surface area (Å²) >= 11 is 1.50. The molecule has 0 aliphatic heterocycles. The highest BCUT2D eigenvalue weighted by Crippen LogP contribution is 2.29. The van der Waals surface area contributed by atoms with E-state index >= 15 is 0 Å². The van der Waals surface area contributed by atoms with E-state index in [2.05, 4.69) is 15.2 Å². The zero-order valence-electron chi connectivity index (χ0n) is 11.6. The van der Waals surface area contributed by atoms with Crippen LogP contribution in [0, 0.1) is 0 Å². The molecule has 0 bridgehead atoms. The molecule has 2 aromatic heterocycles. The van der Waals surface area contributed by atoms with Gasteiger partial charge in [0.25, 0.3) is 5.89 Å². The molecule has 110 valence electrons. The van der Waals surface area contributed by atoms with E-state index in [0.29, 0.717) is 17.3 Å². The Morgan fingerprint density at radius 1 is 1.14 bits per heavy atom. The second-order valence-electron chi connectivity index (χ2n) is 4.36. The van der Waals surface area contributed by atoms with E-state index in [4.69, 9.17) is 9.52 Å². The topological polar surface area (TPSA) is 89.1 Å². The molecule has 0 saturated carbocycles. The Labute approximate surface area is 130 Å². The van der Waals surface area contributed by atoms with Gasteiger partial charge in [-0.25, -0.2) is 9.78 Å². The second kappa shape index (κ2) is 5.98. The van der Waals surface area contributed by atoms with Gasteiger partial charge in [-0.05, 0) is 42.7 Å². The number of aromatic carboxylic acids is 1. The van der Waals surface area contributed by atoms with E-state index in [1.165, 1.54) is 23.9 Å². The van der Waals surface area contributed by atoms with Crippen molar-refractivity contribution in [3.63, 3.8) is 0 Å². The van der Waals surface area contributed by atoms with Crippen molar-refractivity contribution in [2.24, 2.45) is 0 Å². The monoisotopic (exact) mass is 313 g/mol. The smallest absolute Gasteiger partial charge is 0.335 e. The summed E-state index contributed by atoms with van der Waals surface area (Å²) in [5.41, 5.74) is 1.65. The van der Waals surface area contributed by atoms with Crippen molar-refractivity contribution in [2.75, 3.05) is 6.26 Å². The lowest BCUT2D eigenvalue weighted by atomic mass is 10.1. The molecule has 1 aromatic carbocycles. The first kappa shape index (κ1) is 14.3. The summed E-state index contributed by atoms with van der Waals surface area (Å²) < 4.78 is 5.68. The van der Waals surface area contributed by atoms with E-state index in [-0.39, 0.29) is 5.56 Å². The van der Waals surface area contributed by atoms with Crippen molar-refractivity contribution in [1.82, 2.24) is 15.2 Å². The van der Waals surface area contributed by atoms with Gasteiger partial charge in [-0.15, -0.1) is 22.0 Å². The fourth-order valence-corrected chi connectivity index (χ4v) is 2.46. The van der Waals surface area contributed by atoms with Gasteiger partial charge in [-0.1, -0.05) is 0 Å². The van der Waals surface area contributed by atoms with Crippen LogP contribution in [0.15, 0.2) is 52.0 Å². The van der Waals surface area contributed by atoms with E-state index < -0.39 is 5.97 Å². The highest BCUT2D eigenvalue weighted by molar-refractivity contribution is 7.98. The number of carboxylic acid groups (broad SMARTS) is 1. The first-order valence-corrected chi connectivity index (χ1v) is 7.58. The fourth-order valence-electron chi connectivity index (χ4n) is 1.92. The molecule has 1 N–H and O–H groups in total. The van der Waals surface area contributed by atoms with Gasteiger partial charge in [0.15, 0.2) is 0 Å². The molecule has 7 heteroatoms. The van der Waals surface area contributed by atoms with Crippen molar-refractivity contribution in [3.05, 3.63) is 48.2 Å². The average molecular weight is 313 g/mol. The summed E-state index contributed by atoms with van der Waals surface area (Å²) in [6, 6.07) is 9.95. The highest BCUT2D eigenvalue weighted by Gasteiger charge is 2.14. The van der Waals surface area contributed by atoms with Crippen molar-refractivity contribution in [1.29, 1.82) is 0 Å². The number of thioether (sulfide) groups is 1. The van der Waals surface area contributed by atoms with E-state index in [1.54, 1.807) is 24.4 Å².